The largest absolute Gasteiger partial charge is 0.398 e. The van der Waals surface area contributed by atoms with Crippen LogP contribution >= 0.6 is 0 Å². The summed E-state index contributed by atoms with van der Waals surface area (Å²) in [6, 6.07) is 4.04. The Morgan fingerprint density at radius 2 is 2.00 bits per heavy atom. The van der Waals surface area contributed by atoms with Crippen LogP contribution in [0.4, 0.5) is 10.1 Å². The Balaban J connectivity index is 2.38. The number of likely N-dealkylation sites (N-methyl/N-ethyl adjacent to an activating group) is 1. The summed E-state index contributed by atoms with van der Waals surface area (Å²) in [4.78, 5) is 1.58. The first-order valence-electron chi connectivity index (χ1n) is 6.45. The first kappa shape index (κ1) is 15.2. The molecular weight excluding hydrogens is 281 g/mol. The standard InChI is InChI=1S/C13H20FN3O2S/c1-9-7-17(8-12(9)16(2)3)20(18,19)13-10(14)5-4-6-11(13)15/h4-6,9,12H,7-8,15H2,1-3H3. The molecule has 1 fully saturated rings. The molecule has 0 amide bonds. The second-order valence-corrected chi connectivity index (χ2v) is 7.36. The fourth-order valence-electron chi connectivity index (χ4n) is 2.70. The van der Waals surface area contributed by atoms with Crippen molar-refractivity contribution in [1.82, 2.24) is 9.21 Å². The van der Waals surface area contributed by atoms with Gasteiger partial charge in [0.15, 0.2) is 0 Å². The minimum atomic E-state index is -3.89. The van der Waals surface area contributed by atoms with Gasteiger partial charge in [-0.2, -0.15) is 4.31 Å². The van der Waals surface area contributed by atoms with Crippen LogP contribution in [0.1, 0.15) is 6.92 Å². The van der Waals surface area contributed by atoms with Crippen LogP contribution in [0, 0.1) is 11.7 Å². The average Bonchev–Trinajstić information content (AvgIpc) is 2.71. The van der Waals surface area contributed by atoms with Gasteiger partial charge in [-0.1, -0.05) is 13.0 Å². The van der Waals surface area contributed by atoms with E-state index in [1.54, 1.807) is 0 Å². The topological polar surface area (TPSA) is 66.6 Å². The lowest BCUT2D eigenvalue weighted by atomic mass is 10.1. The predicted molar refractivity (Wildman–Crippen MR) is 76.2 cm³/mol. The number of rotatable bonds is 3. The van der Waals surface area contributed by atoms with Crippen molar-refractivity contribution in [2.45, 2.75) is 17.9 Å². The summed E-state index contributed by atoms with van der Waals surface area (Å²) in [6.45, 7) is 2.72. The summed E-state index contributed by atoms with van der Waals surface area (Å²) in [7, 11) is -0.0698. The molecular formula is C13H20FN3O2S. The monoisotopic (exact) mass is 301 g/mol. The maximum Gasteiger partial charge on any atom is 0.248 e. The smallest absolute Gasteiger partial charge is 0.248 e. The third-order valence-corrected chi connectivity index (χ3v) is 5.72. The van der Waals surface area contributed by atoms with Crippen LogP contribution < -0.4 is 5.73 Å². The van der Waals surface area contributed by atoms with Crippen molar-refractivity contribution in [1.29, 1.82) is 0 Å². The van der Waals surface area contributed by atoms with Crippen molar-refractivity contribution in [3.8, 4) is 0 Å². The van der Waals surface area contributed by atoms with Gasteiger partial charge in [0.05, 0.1) is 5.69 Å². The maximum absolute atomic E-state index is 13.9. The molecule has 0 aromatic heterocycles. The number of anilines is 1. The van der Waals surface area contributed by atoms with Gasteiger partial charge in [-0.3, -0.25) is 0 Å². The van der Waals surface area contributed by atoms with Gasteiger partial charge in [0.2, 0.25) is 10.0 Å². The summed E-state index contributed by atoms with van der Waals surface area (Å²) >= 11 is 0. The third kappa shape index (κ3) is 2.53. The van der Waals surface area contributed by atoms with E-state index in [-0.39, 0.29) is 17.6 Å². The van der Waals surface area contributed by atoms with Crippen molar-refractivity contribution in [3.05, 3.63) is 24.0 Å². The molecule has 112 valence electrons. The molecule has 0 spiro atoms. The molecule has 1 aliphatic heterocycles. The molecule has 5 nitrogen and oxygen atoms in total. The molecule has 2 rings (SSSR count). The zero-order valence-electron chi connectivity index (χ0n) is 11.9. The van der Waals surface area contributed by atoms with E-state index < -0.39 is 20.7 Å². The Bertz CT molecular complexity index is 583. The van der Waals surface area contributed by atoms with Crippen LogP contribution in [0.3, 0.4) is 0 Å². The van der Waals surface area contributed by atoms with Gasteiger partial charge in [0.25, 0.3) is 0 Å². The molecule has 0 aliphatic carbocycles. The summed E-state index contributed by atoms with van der Waals surface area (Å²) in [5.74, 6) is -0.612. The zero-order valence-corrected chi connectivity index (χ0v) is 12.7. The Morgan fingerprint density at radius 3 is 2.50 bits per heavy atom. The van der Waals surface area contributed by atoms with Crippen molar-refractivity contribution < 1.29 is 12.8 Å². The number of hydrogen-bond acceptors (Lipinski definition) is 4. The molecule has 20 heavy (non-hydrogen) atoms. The molecule has 0 bridgehead atoms. The molecule has 2 N–H and O–H groups in total. The minimum Gasteiger partial charge on any atom is -0.398 e. The zero-order chi connectivity index (χ0) is 15.1. The highest BCUT2D eigenvalue weighted by atomic mass is 32.2. The summed E-state index contributed by atoms with van der Waals surface area (Å²) in [6.07, 6.45) is 0. The number of sulfonamides is 1. The van der Waals surface area contributed by atoms with Gasteiger partial charge in [-0.15, -0.1) is 0 Å². The fraction of sp³-hybridized carbons (Fsp3) is 0.538. The van der Waals surface area contributed by atoms with Crippen LogP contribution in [0.15, 0.2) is 23.1 Å². The number of benzene rings is 1. The molecule has 2 atom stereocenters. The van der Waals surface area contributed by atoms with Gasteiger partial charge in [-0.05, 0) is 32.1 Å². The second-order valence-electron chi connectivity index (χ2n) is 5.49. The Hall–Kier alpha value is -1.18. The van der Waals surface area contributed by atoms with Crippen molar-refractivity contribution in [2.24, 2.45) is 5.92 Å². The highest BCUT2D eigenvalue weighted by Crippen LogP contribution is 2.30. The van der Waals surface area contributed by atoms with E-state index in [2.05, 4.69) is 0 Å². The van der Waals surface area contributed by atoms with Crippen LogP contribution in [0.2, 0.25) is 0 Å². The lowest BCUT2D eigenvalue weighted by Gasteiger charge is -2.22. The molecule has 7 heteroatoms. The van der Waals surface area contributed by atoms with Crippen LogP contribution in [0.25, 0.3) is 0 Å². The first-order chi connectivity index (χ1) is 9.25. The molecule has 1 aromatic carbocycles. The van der Waals surface area contributed by atoms with E-state index >= 15 is 0 Å². The lowest BCUT2D eigenvalue weighted by molar-refractivity contribution is 0.263. The van der Waals surface area contributed by atoms with Crippen LogP contribution in [0.5, 0.6) is 0 Å². The Labute approximate surface area is 119 Å². The SMILES string of the molecule is CC1CN(S(=O)(=O)c2c(N)cccc2F)CC1N(C)C. The highest BCUT2D eigenvalue weighted by molar-refractivity contribution is 7.89. The minimum absolute atomic E-state index is 0.0500. The second kappa shape index (κ2) is 5.31. The van der Waals surface area contributed by atoms with Gasteiger partial charge < -0.3 is 10.6 Å². The Morgan fingerprint density at radius 1 is 1.35 bits per heavy atom. The average molecular weight is 301 g/mol. The number of nitrogens with zero attached hydrogens (tertiary/aromatic N) is 2. The van der Waals surface area contributed by atoms with Crippen LogP contribution in [-0.4, -0.2) is 50.8 Å². The summed E-state index contributed by atoms with van der Waals surface area (Å²) in [5.41, 5.74) is 5.60. The van der Waals surface area contributed by atoms with E-state index in [1.165, 1.54) is 16.4 Å². The predicted octanol–water partition coefficient (Wildman–Crippen LogP) is 0.978. The lowest BCUT2D eigenvalue weighted by Crippen LogP contribution is -2.36. The van der Waals surface area contributed by atoms with Crippen molar-refractivity contribution in [3.63, 3.8) is 0 Å². The molecule has 2 unspecified atom stereocenters. The molecule has 1 saturated heterocycles. The summed E-state index contributed by atoms with van der Waals surface area (Å²) < 4.78 is 40.3. The van der Waals surface area contributed by atoms with E-state index in [4.69, 9.17) is 5.73 Å². The molecule has 1 aliphatic rings. The quantitative estimate of drug-likeness (QED) is 0.845. The fourth-order valence-corrected chi connectivity index (χ4v) is 4.42. The maximum atomic E-state index is 13.9. The van der Waals surface area contributed by atoms with E-state index in [1.807, 2.05) is 25.9 Å². The molecule has 0 radical (unpaired) electrons. The van der Waals surface area contributed by atoms with Gasteiger partial charge in [0.1, 0.15) is 10.7 Å². The van der Waals surface area contributed by atoms with Crippen LogP contribution in [-0.2, 0) is 10.0 Å². The van der Waals surface area contributed by atoms with E-state index in [0.29, 0.717) is 13.1 Å². The van der Waals surface area contributed by atoms with E-state index in [9.17, 15) is 12.8 Å². The first-order valence-corrected chi connectivity index (χ1v) is 7.89. The summed E-state index contributed by atoms with van der Waals surface area (Å²) in [5, 5.41) is 0. The van der Waals surface area contributed by atoms with Gasteiger partial charge in [0, 0.05) is 19.1 Å². The normalized spacial score (nSPS) is 24.4. The Kier molecular flexibility index (Phi) is 4.04. The van der Waals surface area contributed by atoms with Gasteiger partial charge >= 0.3 is 0 Å². The van der Waals surface area contributed by atoms with Gasteiger partial charge in [-0.25, -0.2) is 12.8 Å². The number of nitrogens with two attached hydrogens (primary N) is 1. The molecule has 1 aromatic rings. The number of nitrogen functional groups attached to an aromatic ring is 1. The van der Waals surface area contributed by atoms with E-state index in [0.717, 1.165) is 6.07 Å². The molecule has 1 heterocycles. The third-order valence-electron chi connectivity index (χ3n) is 3.80. The number of hydrogen-bond donors (Lipinski definition) is 1. The molecule has 0 saturated carbocycles. The van der Waals surface area contributed by atoms with Crippen molar-refractivity contribution >= 4 is 15.7 Å². The highest BCUT2D eigenvalue weighted by Gasteiger charge is 2.39. The van der Waals surface area contributed by atoms with Crippen molar-refractivity contribution in [2.75, 3.05) is 32.9 Å². The number of halogens is 1.